The Hall–Kier alpha value is -0.680. The fourth-order valence-electron chi connectivity index (χ4n) is 0.347. The number of rotatable bonds is 1. The fraction of sp³-hybridized carbons (Fsp3) is 0.333. The molecule has 2 N–H and O–H groups in total. The fourth-order valence-corrected chi connectivity index (χ4v) is 0.710. The number of nitrogens with one attached hydrogen (secondary N) is 1. The van der Waals surface area contributed by atoms with Crippen LogP contribution in [0.25, 0.3) is 0 Å². The highest BCUT2D eigenvalue weighted by atomic mass is 32.1. The van der Waals surface area contributed by atoms with Gasteiger partial charge < -0.3 is 5.11 Å². The molecule has 1 unspecified atom stereocenters. The first-order chi connectivity index (χ1) is 3.75. The van der Waals surface area contributed by atoms with Gasteiger partial charge in [-0.3, -0.25) is 10.1 Å². The van der Waals surface area contributed by atoms with Crippen LogP contribution in [0, 0.1) is 0 Å². The Kier molecular flexibility index (Phi) is 1.15. The Morgan fingerprint density at radius 1 is 1.88 bits per heavy atom. The summed E-state index contributed by atoms with van der Waals surface area (Å²) < 4.78 is 9.76. The molecule has 0 amide bonds. The summed E-state index contributed by atoms with van der Waals surface area (Å²) in [6.45, 7) is 0. The Morgan fingerprint density at radius 3 is 2.62 bits per heavy atom. The molecule has 1 rings (SSSR count). The number of hydrogen-bond donors (Lipinski definition) is 2. The molecule has 44 valence electrons. The number of hydrogen-bond acceptors (Lipinski definition) is 2. The van der Waals surface area contributed by atoms with Crippen molar-refractivity contribution in [3.63, 3.8) is 0 Å². The Bertz CT molecular complexity index is 183. The number of carbonyl (C=O) groups is 1. The normalized spacial score (nSPS) is 25.0. The Morgan fingerprint density at radius 2 is 2.50 bits per heavy atom. The standard InChI is InChI=1S/C3H3NO3S/c5-3(6)1-2(4-1)8-7/h1,4H,(H,5,6). The topological polar surface area (TPSA) is 76.3 Å². The zero-order chi connectivity index (χ0) is 6.15. The second-order valence-corrected chi connectivity index (χ2v) is 1.97. The van der Waals surface area contributed by atoms with Gasteiger partial charge in [-0.1, -0.05) is 0 Å². The average molecular weight is 133 g/mol. The van der Waals surface area contributed by atoms with E-state index < -0.39 is 12.0 Å². The largest absolute Gasteiger partial charge is 0.480 e. The van der Waals surface area contributed by atoms with Crippen LogP contribution in [0.3, 0.4) is 0 Å². The van der Waals surface area contributed by atoms with Crippen molar-refractivity contribution >= 4 is 22.2 Å². The van der Waals surface area contributed by atoms with Crippen molar-refractivity contribution in [1.82, 2.24) is 5.32 Å². The van der Waals surface area contributed by atoms with Crippen molar-refractivity contribution in [3.05, 3.63) is 0 Å². The molecule has 1 aliphatic rings. The van der Waals surface area contributed by atoms with Crippen LogP contribution >= 0.6 is 0 Å². The van der Waals surface area contributed by atoms with Crippen molar-refractivity contribution in [2.75, 3.05) is 0 Å². The van der Waals surface area contributed by atoms with Gasteiger partial charge in [0, 0.05) is 0 Å². The molecule has 1 aliphatic heterocycles. The van der Waals surface area contributed by atoms with E-state index >= 15 is 0 Å². The molecule has 0 saturated carbocycles. The third-order valence-electron chi connectivity index (χ3n) is 0.802. The van der Waals surface area contributed by atoms with Crippen LogP contribution in [0.1, 0.15) is 0 Å². The first kappa shape index (κ1) is 5.46. The lowest BCUT2D eigenvalue weighted by Gasteiger charge is -1.73. The molecule has 0 radical (unpaired) electrons. The van der Waals surface area contributed by atoms with Gasteiger partial charge in [-0.15, -0.1) is 0 Å². The predicted molar refractivity (Wildman–Crippen MR) is 27.7 cm³/mol. The third kappa shape index (κ3) is 0.775. The van der Waals surface area contributed by atoms with Crippen LogP contribution in [-0.4, -0.2) is 26.3 Å². The van der Waals surface area contributed by atoms with E-state index in [1.165, 1.54) is 0 Å². The lowest BCUT2D eigenvalue weighted by atomic mass is 10.5. The lowest BCUT2D eigenvalue weighted by Crippen LogP contribution is -2.07. The maximum absolute atomic E-state index is 9.90. The lowest BCUT2D eigenvalue weighted by molar-refractivity contribution is -0.135. The maximum Gasteiger partial charge on any atom is 0.327 e. The van der Waals surface area contributed by atoms with E-state index in [-0.39, 0.29) is 11.3 Å². The summed E-state index contributed by atoms with van der Waals surface area (Å²) in [7, 11) is 0. The van der Waals surface area contributed by atoms with E-state index in [0.29, 0.717) is 4.99 Å². The molecule has 1 saturated heterocycles. The number of carboxylic acid groups (broad SMARTS) is 1. The van der Waals surface area contributed by atoms with Crippen LogP contribution in [-0.2, 0) is 16.1 Å². The van der Waals surface area contributed by atoms with E-state index in [4.69, 9.17) is 5.11 Å². The molecule has 8 heavy (non-hydrogen) atoms. The number of aliphatic carboxylic acids is 1. The van der Waals surface area contributed by atoms with Crippen molar-refractivity contribution in [1.29, 1.82) is 0 Å². The van der Waals surface area contributed by atoms with E-state index in [9.17, 15) is 9.00 Å². The van der Waals surface area contributed by atoms with Gasteiger partial charge in [0.05, 0.1) is 0 Å². The molecule has 1 heterocycles. The van der Waals surface area contributed by atoms with E-state index in [2.05, 4.69) is 5.32 Å². The van der Waals surface area contributed by atoms with E-state index in [1.54, 1.807) is 0 Å². The molecule has 0 aliphatic carbocycles. The summed E-state index contributed by atoms with van der Waals surface area (Å²) >= 11 is 0.202. The zero-order valence-electron chi connectivity index (χ0n) is 3.75. The second-order valence-electron chi connectivity index (χ2n) is 1.36. The van der Waals surface area contributed by atoms with Crippen LogP contribution in [0.4, 0.5) is 0 Å². The molecule has 0 aromatic rings. The van der Waals surface area contributed by atoms with Crippen LogP contribution in [0.15, 0.2) is 0 Å². The highest BCUT2D eigenvalue weighted by Gasteiger charge is 2.37. The van der Waals surface area contributed by atoms with Crippen molar-refractivity contribution in [2.24, 2.45) is 0 Å². The summed E-state index contributed by atoms with van der Waals surface area (Å²) in [6, 6.07) is -0.683. The predicted octanol–water partition coefficient (Wildman–Crippen LogP) is -1.61. The minimum Gasteiger partial charge on any atom is -0.480 e. The summed E-state index contributed by atoms with van der Waals surface area (Å²) in [5, 5.41) is 10.5. The minimum atomic E-state index is -0.983. The molecule has 1 atom stereocenters. The van der Waals surface area contributed by atoms with Gasteiger partial charge in [-0.05, 0) is 0 Å². The van der Waals surface area contributed by atoms with Crippen LogP contribution < -0.4 is 5.32 Å². The smallest absolute Gasteiger partial charge is 0.327 e. The molecular weight excluding hydrogens is 130 g/mol. The van der Waals surface area contributed by atoms with Gasteiger partial charge in [0.1, 0.15) is 16.2 Å². The van der Waals surface area contributed by atoms with Crippen molar-refractivity contribution < 1.29 is 14.1 Å². The highest BCUT2D eigenvalue weighted by molar-refractivity contribution is 7.67. The van der Waals surface area contributed by atoms with Gasteiger partial charge in [0.25, 0.3) is 0 Å². The average Bonchev–Trinajstić information content (AvgIpc) is 2.42. The van der Waals surface area contributed by atoms with Gasteiger partial charge in [0.15, 0.2) is 6.04 Å². The quantitative estimate of drug-likeness (QED) is 0.333. The monoisotopic (exact) mass is 133 g/mol. The first-order valence-corrected chi connectivity index (χ1v) is 2.66. The minimum absolute atomic E-state index is 0.202. The molecular formula is C3H3NO3S. The SMILES string of the molecule is O=S=C1NC1C(=O)O. The Balaban J connectivity index is 2.61. The molecule has 0 aromatic carbocycles. The summed E-state index contributed by atoms with van der Waals surface area (Å²) in [4.78, 5) is 10.2. The molecule has 0 spiro atoms. The molecule has 0 bridgehead atoms. The Labute approximate surface area is 48.6 Å². The summed E-state index contributed by atoms with van der Waals surface area (Å²) in [6.07, 6.45) is 0. The van der Waals surface area contributed by atoms with Crippen molar-refractivity contribution in [2.45, 2.75) is 6.04 Å². The van der Waals surface area contributed by atoms with Crippen molar-refractivity contribution in [3.8, 4) is 0 Å². The molecule has 5 heteroatoms. The van der Waals surface area contributed by atoms with E-state index in [0.717, 1.165) is 0 Å². The first-order valence-electron chi connectivity index (χ1n) is 1.91. The zero-order valence-corrected chi connectivity index (χ0v) is 4.57. The summed E-state index contributed by atoms with van der Waals surface area (Å²) in [5.74, 6) is -0.983. The maximum atomic E-state index is 9.90. The van der Waals surface area contributed by atoms with Gasteiger partial charge in [-0.2, -0.15) is 0 Å². The van der Waals surface area contributed by atoms with Gasteiger partial charge >= 0.3 is 5.97 Å². The number of carboxylic acids is 1. The third-order valence-corrected chi connectivity index (χ3v) is 1.34. The molecule has 1 fully saturated rings. The second kappa shape index (κ2) is 1.68. The van der Waals surface area contributed by atoms with Gasteiger partial charge in [0.2, 0.25) is 0 Å². The highest BCUT2D eigenvalue weighted by Crippen LogP contribution is 1.98. The molecule has 0 aromatic heterocycles. The summed E-state index contributed by atoms with van der Waals surface area (Å²) in [5.41, 5.74) is 0. The van der Waals surface area contributed by atoms with Gasteiger partial charge in [-0.25, -0.2) is 4.21 Å². The molecule has 4 nitrogen and oxygen atoms in total. The van der Waals surface area contributed by atoms with Crippen LogP contribution in [0.5, 0.6) is 0 Å². The van der Waals surface area contributed by atoms with Crippen LogP contribution in [0.2, 0.25) is 0 Å². The van der Waals surface area contributed by atoms with E-state index in [1.807, 2.05) is 0 Å².